The van der Waals surface area contributed by atoms with Crippen LogP contribution in [-0.4, -0.2) is 44.1 Å². The number of pyridine rings is 1. The van der Waals surface area contributed by atoms with Gasteiger partial charge in [0.15, 0.2) is 0 Å². The molecule has 4 heterocycles. The fraction of sp³-hybridized carbons (Fsp3) is 0.429. The molecule has 0 bridgehead atoms. The topological polar surface area (TPSA) is 57.9 Å². The van der Waals surface area contributed by atoms with Crippen molar-refractivity contribution in [2.45, 2.75) is 27.2 Å². The van der Waals surface area contributed by atoms with Gasteiger partial charge in [0.1, 0.15) is 15.8 Å². The Bertz CT molecular complexity index is 1070. The van der Waals surface area contributed by atoms with Crippen LogP contribution in [0.3, 0.4) is 0 Å². The van der Waals surface area contributed by atoms with Gasteiger partial charge in [-0.25, -0.2) is 4.98 Å². The van der Waals surface area contributed by atoms with Crippen LogP contribution >= 0.6 is 24.0 Å². The fourth-order valence-corrected chi connectivity index (χ4v) is 5.56. The van der Waals surface area contributed by atoms with Crippen LogP contribution in [0.25, 0.3) is 11.7 Å². The number of likely N-dealkylation sites (N-methyl/N-ethyl adjacent to an activating group) is 1. The number of hydrogen-bond acceptors (Lipinski definition) is 6. The molecule has 2 unspecified atom stereocenters. The van der Waals surface area contributed by atoms with E-state index >= 15 is 0 Å². The Morgan fingerprint density at radius 2 is 1.97 bits per heavy atom. The minimum atomic E-state index is -0.168. The molecule has 0 aromatic carbocycles. The smallest absolute Gasteiger partial charge is 0.267 e. The number of carbonyl (C=O) groups excluding carboxylic acids is 1. The number of carbonyl (C=O) groups is 1. The maximum absolute atomic E-state index is 13.4. The first-order valence-electron chi connectivity index (χ1n) is 9.90. The molecular weight excluding hydrogens is 404 g/mol. The number of rotatable bonds is 3. The number of thiocarbonyl (C=S) groups is 1. The van der Waals surface area contributed by atoms with Crippen LogP contribution in [0.4, 0.5) is 5.82 Å². The Morgan fingerprint density at radius 3 is 2.62 bits per heavy atom. The number of piperidine rings is 1. The minimum Gasteiger partial charge on any atom is -0.355 e. The molecule has 29 heavy (non-hydrogen) atoms. The van der Waals surface area contributed by atoms with E-state index < -0.39 is 0 Å². The van der Waals surface area contributed by atoms with E-state index in [-0.39, 0.29) is 11.5 Å². The Morgan fingerprint density at radius 1 is 1.24 bits per heavy atom. The molecule has 8 heteroatoms. The summed E-state index contributed by atoms with van der Waals surface area (Å²) in [6.07, 6.45) is 4.56. The minimum absolute atomic E-state index is 0.147. The van der Waals surface area contributed by atoms with Gasteiger partial charge in [-0.1, -0.05) is 43.9 Å². The van der Waals surface area contributed by atoms with E-state index in [1.54, 1.807) is 23.2 Å². The third-order valence-corrected chi connectivity index (χ3v) is 6.76. The third kappa shape index (κ3) is 3.71. The van der Waals surface area contributed by atoms with Crippen molar-refractivity contribution in [3.8, 4) is 0 Å². The van der Waals surface area contributed by atoms with E-state index in [1.807, 2.05) is 19.1 Å². The first-order valence-corrected chi connectivity index (χ1v) is 11.1. The molecule has 2 aliphatic rings. The molecule has 0 aliphatic carbocycles. The van der Waals surface area contributed by atoms with Gasteiger partial charge >= 0.3 is 0 Å². The van der Waals surface area contributed by atoms with Gasteiger partial charge in [0.2, 0.25) is 0 Å². The predicted molar refractivity (Wildman–Crippen MR) is 122 cm³/mol. The fourth-order valence-electron chi connectivity index (χ4n) is 4.20. The lowest BCUT2D eigenvalue weighted by molar-refractivity contribution is -0.121. The highest BCUT2D eigenvalue weighted by Crippen LogP contribution is 2.34. The third-order valence-electron chi connectivity index (χ3n) is 5.38. The SMILES string of the molecule is CCN1C(=O)C(=Cc2c(N3CC(C)CC(C)C3)nc3ccccn3c2=O)SC1=S. The second kappa shape index (κ2) is 7.91. The second-order valence-electron chi connectivity index (χ2n) is 7.86. The van der Waals surface area contributed by atoms with Crippen molar-refractivity contribution in [3.63, 3.8) is 0 Å². The van der Waals surface area contributed by atoms with Crippen molar-refractivity contribution in [3.05, 3.63) is 45.2 Å². The zero-order chi connectivity index (χ0) is 20.7. The van der Waals surface area contributed by atoms with Crippen molar-refractivity contribution < 1.29 is 4.79 Å². The van der Waals surface area contributed by atoms with Crippen LogP contribution in [-0.2, 0) is 4.79 Å². The molecule has 0 radical (unpaired) electrons. The molecule has 152 valence electrons. The molecule has 0 N–H and O–H groups in total. The van der Waals surface area contributed by atoms with Crippen LogP contribution < -0.4 is 10.5 Å². The first-order chi connectivity index (χ1) is 13.9. The number of amides is 1. The standard InChI is InChI=1S/C21H24N4O2S2/c1-4-24-20(27)16(29-21(24)28)10-15-18(23-11-13(2)9-14(3)12-23)22-17-7-5-6-8-25(17)19(15)26/h5-8,10,13-14H,4,9,11-12H2,1-3H3. The molecule has 2 fully saturated rings. The molecule has 2 aromatic rings. The van der Waals surface area contributed by atoms with Crippen LogP contribution in [0.5, 0.6) is 0 Å². The largest absolute Gasteiger partial charge is 0.355 e. The lowest BCUT2D eigenvalue weighted by atomic mass is 9.91. The van der Waals surface area contributed by atoms with Gasteiger partial charge < -0.3 is 4.90 Å². The number of anilines is 1. The van der Waals surface area contributed by atoms with Crippen molar-refractivity contribution in [1.82, 2.24) is 14.3 Å². The summed E-state index contributed by atoms with van der Waals surface area (Å²) in [5.41, 5.74) is 0.890. The summed E-state index contributed by atoms with van der Waals surface area (Å²) in [5.74, 6) is 1.54. The Kier molecular flexibility index (Phi) is 5.48. The monoisotopic (exact) mass is 428 g/mol. The van der Waals surface area contributed by atoms with E-state index in [0.717, 1.165) is 19.5 Å². The van der Waals surface area contributed by atoms with Gasteiger partial charge in [0, 0.05) is 25.8 Å². The molecular formula is C21H24N4O2S2. The maximum Gasteiger partial charge on any atom is 0.267 e. The molecule has 2 aliphatic heterocycles. The lowest BCUT2D eigenvalue weighted by Crippen LogP contribution is -2.40. The highest BCUT2D eigenvalue weighted by atomic mass is 32.2. The first kappa shape index (κ1) is 20.1. The molecule has 0 saturated carbocycles. The Labute approximate surface area is 179 Å². The molecule has 2 saturated heterocycles. The molecule has 2 aromatic heterocycles. The van der Waals surface area contributed by atoms with Gasteiger partial charge in [-0.3, -0.25) is 18.9 Å². The summed E-state index contributed by atoms with van der Waals surface area (Å²) in [4.78, 5) is 35.2. The van der Waals surface area contributed by atoms with E-state index in [0.29, 0.717) is 44.6 Å². The highest BCUT2D eigenvalue weighted by Gasteiger charge is 2.32. The number of hydrogen-bond donors (Lipinski definition) is 0. The van der Waals surface area contributed by atoms with Crippen molar-refractivity contribution >= 4 is 51.7 Å². The van der Waals surface area contributed by atoms with Crippen LogP contribution in [0, 0.1) is 11.8 Å². The Hall–Kier alpha value is -2.19. The number of nitrogens with zero attached hydrogens (tertiary/aromatic N) is 4. The zero-order valence-corrected chi connectivity index (χ0v) is 18.4. The lowest BCUT2D eigenvalue weighted by Gasteiger charge is -2.36. The molecule has 6 nitrogen and oxygen atoms in total. The maximum atomic E-state index is 13.4. The summed E-state index contributed by atoms with van der Waals surface area (Å²) < 4.78 is 2.06. The van der Waals surface area contributed by atoms with E-state index in [1.165, 1.54) is 16.2 Å². The average Bonchev–Trinajstić information content (AvgIpc) is 2.95. The van der Waals surface area contributed by atoms with Gasteiger partial charge in [-0.2, -0.15) is 0 Å². The average molecular weight is 429 g/mol. The van der Waals surface area contributed by atoms with E-state index in [2.05, 4.69) is 18.7 Å². The molecule has 4 rings (SSSR count). The second-order valence-corrected chi connectivity index (χ2v) is 9.54. The number of thioether (sulfide) groups is 1. The Balaban J connectivity index is 1.89. The molecule has 1 amide bonds. The summed E-state index contributed by atoms with van der Waals surface area (Å²) in [6.45, 7) is 8.55. The van der Waals surface area contributed by atoms with Crippen LogP contribution in [0.1, 0.15) is 32.8 Å². The quantitative estimate of drug-likeness (QED) is 0.552. The van der Waals surface area contributed by atoms with Crippen molar-refractivity contribution in [1.29, 1.82) is 0 Å². The van der Waals surface area contributed by atoms with Crippen molar-refractivity contribution in [2.75, 3.05) is 24.5 Å². The summed E-state index contributed by atoms with van der Waals surface area (Å²) in [6, 6.07) is 5.52. The van der Waals surface area contributed by atoms with Gasteiger partial charge in [-0.15, -0.1) is 0 Å². The van der Waals surface area contributed by atoms with Crippen LogP contribution in [0.15, 0.2) is 34.1 Å². The predicted octanol–water partition coefficient (Wildman–Crippen LogP) is 3.40. The van der Waals surface area contributed by atoms with E-state index in [9.17, 15) is 9.59 Å². The molecule has 2 atom stereocenters. The van der Waals surface area contributed by atoms with Crippen LogP contribution in [0.2, 0.25) is 0 Å². The van der Waals surface area contributed by atoms with Gasteiger partial charge in [-0.05, 0) is 43.4 Å². The number of fused-ring (bicyclic) bond motifs is 1. The van der Waals surface area contributed by atoms with Gasteiger partial charge in [0.05, 0.1) is 10.5 Å². The summed E-state index contributed by atoms with van der Waals surface area (Å²) in [7, 11) is 0. The molecule has 0 spiro atoms. The summed E-state index contributed by atoms with van der Waals surface area (Å²) in [5, 5.41) is 0. The normalized spacial score (nSPS) is 24.2. The zero-order valence-electron chi connectivity index (χ0n) is 16.8. The number of aromatic nitrogens is 2. The highest BCUT2D eigenvalue weighted by molar-refractivity contribution is 8.26. The van der Waals surface area contributed by atoms with E-state index in [4.69, 9.17) is 17.2 Å². The van der Waals surface area contributed by atoms with Crippen molar-refractivity contribution in [2.24, 2.45) is 11.8 Å². The summed E-state index contributed by atoms with van der Waals surface area (Å²) >= 11 is 6.57. The van der Waals surface area contributed by atoms with Gasteiger partial charge in [0.25, 0.3) is 11.5 Å².